The van der Waals surface area contributed by atoms with Crippen molar-refractivity contribution >= 4 is 5.97 Å². The number of hydrogen-bond acceptors (Lipinski definition) is 5. The minimum atomic E-state index is -0.450. The van der Waals surface area contributed by atoms with E-state index in [1.165, 1.54) is 0 Å². The Morgan fingerprint density at radius 2 is 2.25 bits per heavy atom. The monoisotopic (exact) mass is 273 g/mol. The molecule has 1 aromatic heterocycles. The molecule has 0 saturated carbocycles. The first-order chi connectivity index (χ1) is 9.37. The van der Waals surface area contributed by atoms with Crippen molar-refractivity contribution < 1.29 is 9.53 Å². The number of nitrogens with zero attached hydrogens (tertiary/aromatic N) is 3. The van der Waals surface area contributed by atoms with E-state index in [9.17, 15) is 4.79 Å². The lowest BCUT2D eigenvalue weighted by Crippen LogP contribution is -2.38. The third-order valence-electron chi connectivity index (χ3n) is 3.01. The zero-order valence-electron chi connectivity index (χ0n) is 12.1. The van der Waals surface area contributed by atoms with E-state index in [1.807, 2.05) is 37.8 Å². The van der Waals surface area contributed by atoms with Gasteiger partial charge in [0.2, 0.25) is 0 Å². The Morgan fingerprint density at radius 1 is 1.50 bits per heavy atom. The SMILES string of the molecule is CC(C)(C)OC(=O)CN1CCc2nc(C#N)ccc2C1. The number of esters is 1. The summed E-state index contributed by atoms with van der Waals surface area (Å²) in [7, 11) is 0. The van der Waals surface area contributed by atoms with Gasteiger partial charge < -0.3 is 4.74 Å². The summed E-state index contributed by atoms with van der Waals surface area (Å²) in [6.07, 6.45) is 0.758. The molecule has 0 saturated heterocycles. The second-order valence-corrected chi connectivity index (χ2v) is 5.96. The zero-order chi connectivity index (χ0) is 14.8. The molecule has 0 atom stereocenters. The van der Waals surface area contributed by atoms with Crippen LogP contribution in [-0.4, -0.2) is 34.5 Å². The van der Waals surface area contributed by atoms with Crippen molar-refractivity contribution in [2.45, 2.75) is 39.3 Å². The summed E-state index contributed by atoms with van der Waals surface area (Å²) in [5.41, 5.74) is 2.04. The predicted octanol–water partition coefficient (Wildman–Crippen LogP) is 1.65. The van der Waals surface area contributed by atoms with Gasteiger partial charge in [-0.25, -0.2) is 4.98 Å². The van der Waals surface area contributed by atoms with Crippen molar-refractivity contribution in [3.05, 3.63) is 29.1 Å². The Kier molecular flexibility index (Phi) is 4.05. The fraction of sp³-hybridized carbons (Fsp3) is 0.533. The number of nitriles is 1. The van der Waals surface area contributed by atoms with Gasteiger partial charge in [-0.05, 0) is 32.4 Å². The molecular weight excluding hydrogens is 254 g/mol. The normalized spacial score (nSPS) is 15.3. The van der Waals surface area contributed by atoms with E-state index in [0.717, 1.165) is 24.2 Å². The van der Waals surface area contributed by atoms with Crippen LogP contribution in [0.5, 0.6) is 0 Å². The van der Waals surface area contributed by atoms with Gasteiger partial charge >= 0.3 is 5.97 Å². The van der Waals surface area contributed by atoms with Crippen molar-refractivity contribution in [3.63, 3.8) is 0 Å². The lowest BCUT2D eigenvalue weighted by Gasteiger charge is -2.28. The first-order valence-corrected chi connectivity index (χ1v) is 6.70. The maximum absolute atomic E-state index is 11.8. The van der Waals surface area contributed by atoms with E-state index in [-0.39, 0.29) is 12.5 Å². The smallest absolute Gasteiger partial charge is 0.320 e. The second kappa shape index (κ2) is 5.59. The molecular formula is C15H19N3O2. The van der Waals surface area contributed by atoms with Crippen LogP contribution in [-0.2, 0) is 22.5 Å². The standard InChI is InChI=1S/C15H19N3O2/c1-15(2,3)20-14(19)10-18-7-6-13-11(9-18)4-5-12(8-16)17-13/h4-5H,6-7,9-10H2,1-3H3. The van der Waals surface area contributed by atoms with Crippen molar-refractivity contribution in [2.75, 3.05) is 13.1 Å². The molecule has 106 valence electrons. The average Bonchev–Trinajstić information content (AvgIpc) is 2.35. The van der Waals surface area contributed by atoms with E-state index in [0.29, 0.717) is 12.2 Å². The van der Waals surface area contributed by atoms with E-state index in [4.69, 9.17) is 10.00 Å². The highest BCUT2D eigenvalue weighted by Gasteiger charge is 2.22. The summed E-state index contributed by atoms with van der Waals surface area (Å²) in [6, 6.07) is 5.68. The summed E-state index contributed by atoms with van der Waals surface area (Å²) in [5, 5.41) is 8.83. The lowest BCUT2D eigenvalue weighted by molar-refractivity contribution is -0.156. The van der Waals surface area contributed by atoms with Crippen LogP contribution in [0.25, 0.3) is 0 Å². The fourth-order valence-corrected chi connectivity index (χ4v) is 2.23. The van der Waals surface area contributed by atoms with Gasteiger partial charge in [-0.1, -0.05) is 6.07 Å². The van der Waals surface area contributed by atoms with Crippen molar-refractivity contribution in [1.82, 2.24) is 9.88 Å². The summed E-state index contributed by atoms with van der Waals surface area (Å²) in [5.74, 6) is -0.206. The molecule has 0 bridgehead atoms. The number of pyridine rings is 1. The highest BCUT2D eigenvalue weighted by molar-refractivity contribution is 5.72. The Labute approximate surface area is 119 Å². The van der Waals surface area contributed by atoms with Crippen LogP contribution >= 0.6 is 0 Å². The third-order valence-corrected chi connectivity index (χ3v) is 3.01. The molecule has 1 aliphatic heterocycles. The van der Waals surface area contributed by atoms with Gasteiger partial charge in [-0.15, -0.1) is 0 Å². The molecule has 0 amide bonds. The lowest BCUT2D eigenvalue weighted by atomic mass is 10.1. The first-order valence-electron chi connectivity index (χ1n) is 6.70. The van der Waals surface area contributed by atoms with Crippen LogP contribution in [0.1, 0.15) is 37.7 Å². The number of aromatic nitrogens is 1. The largest absolute Gasteiger partial charge is 0.459 e. The molecule has 2 heterocycles. The number of hydrogen-bond donors (Lipinski definition) is 0. The van der Waals surface area contributed by atoms with Gasteiger partial charge in [-0.3, -0.25) is 9.69 Å². The van der Waals surface area contributed by atoms with Crippen LogP contribution in [0.3, 0.4) is 0 Å². The molecule has 5 nitrogen and oxygen atoms in total. The maximum Gasteiger partial charge on any atom is 0.320 e. The number of carbonyl (C=O) groups is 1. The highest BCUT2D eigenvalue weighted by Crippen LogP contribution is 2.18. The summed E-state index contributed by atoms with van der Waals surface area (Å²) >= 11 is 0. The summed E-state index contributed by atoms with van der Waals surface area (Å²) in [4.78, 5) is 18.2. The molecule has 5 heteroatoms. The van der Waals surface area contributed by atoms with E-state index in [2.05, 4.69) is 4.98 Å². The average molecular weight is 273 g/mol. The van der Waals surface area contributed by atoms with Gasteiger partial charge in [0.25, 0.3) is 0 Å². The zero-order valence-corrected chi connectivity index (χ0v) is 12.1. The van der Waals surface area contributed by atoms with Crippen molar-refractivity contribution in [3.8, 4) is 6.07 Å². The highest BCUT2D eigenvalue weighted by atomic mass is 16.6. The van der Waals surface area contributed by atoms with Crippen LogP contribution < -0.4 is 0 Å². The molecule has 0 aliphatic carbocycles. The summed E-state index contributed by atoms with van der Waals surface area (Å²) in [6.45, 7) is 7.31. The first kappa shape index (κ1) is 14.5. The van der Waals surface area contributed by atoms with Crippen LogP contribution in [0.15, 0.2) is 12.1 Å². The number of rotatable bonds is 2. The number of carbonyl (C=O) groups excluding carboxylic acids is 1. The van der Waals surface area contributed by atoms with E-state index < -0.39 is 5.60 Å². The molecule has 0 fully saturated rings. The van der Waals surface area contributed by atoms with Gasteiger partial charge in [0.1, 0.15) is 17.4 Å². The van der Waals surface area contributed by atoms with E-state index in [1.54, 1.807) is 6.07 Å². The Hall–Kier alpha value is -1.93. The molecule has 0 unspecified atom stereocenters. The molecule has 1 aromatic rings. The minimum Gasteiger partial charge on any atom is -0.459 e. The topological polar surface area (TPSA) is 66.2 Å². The van der Waals surface area contributed by atoms with E-state index >= 15 is 0 Å². The Morgan fingerprint density at radius 3 is 2.90 bits per heavy atom. The minimum absolute atomic E-state index is 0.206. The Bertz CT molecular complexity index is 555. The molecule has 2 rings (SSSR count). The predicted molar refractivity (Wildman–Crippen MR) is 73.8 cm³/mol. The van der Waals surface area contributed by atoms with Gasteiger partial charge in [-0.2, -0.15) is 5.26 Å². The molecule has 20 heavy (non-hydrogen) atoms. The molecule has 0 spiro atoms. The van der Waals surface area contributed by atoms with Crippen LogP contribution in [0.4, 0.5) is 0 Å². The Balaban J connectivity index is 1.98. The fourth-order valence-electron chi connectivity index (χ4n) is 2.23. The van der Waals surface area contributed by atoms with Crippen LogP contribution in [0, 0.1) is 11.3 Å². The maximum atomic E-state index is 11.8. The van der Waals surface area contributed by atoms with Gasteiger partial charge in [0.05, 0.1) is 6.54 Å². The van der Waals surface area contributed by atoms with Crippen LogP contribution in [0.2, 0.25) is 0 Å². The number of ether oxygens (including phenoxy) is 1. The third kappa shape index (κ3) is 3.78. The summed E-state index contributed by atoms with van der Waals surface area (Å²) < 4.78 is 5.33. The number of fused-ring (bicyclic) bond motifs is 1. The second-order valence-electron chi connectivity index (χ2n) is 5.96. The van der Waals surface area contributed by atoms with Gasteiger partial charge in [0.15, 0.2) is 0 Å². The molecule has 0 aromatic carbocycles. The molecule has 0 N–H and O–H groups in total. The van der Waals surface area contributed by atoms with Crippen molar-refractivity contribution in [1.29, 1.82) is 5.26 Å². The molecule has 1 aliphatic rings. The quantitative estimate of drug-likeness (QED) is 0.767. The van der Waals surface area contributed by atoms with Crippen molar-refractivity contribution in [2.24, 2.45) is 0 Å². The van der Waals surface area contributed by atoms with Gasteiger partial charge in [0, 0.05) is 25.2 Å². The molecule has 0 radical (unpaired) electrons.